The predicted octanol–water partition coefficient (Wildman–Crippen LogP) is 3.79. The summed E-state index contributed by atoms with van der Waals surface area (Å²) < 4.78 is 14.5. The molecule has 0 saturated heterocycles. The number of nitrogen functional groups attached to an aromatic ring is 1. The van der Waals surface area contributed by atoms with E-state index in [4.69, 9.17) is 17.3 Å². The standard InChI is InChI=1S/C14H14ClFN2OS/c1-2-18(8-10-4-6-13(15)20-10)14(19)11-5-3-9(17)7-12(11)16/h3-7H,2,8,17H2,1H3. The summed E-state index contributed by atoms with van der Waals surface area (Å²) >= 11 is 7.28. The second kappa shape index (κ2) is 6.24. The molecule has 6 heteroatoms. The number of halogens is 2. The fourth-order valence-electron chi connectivity index (χ4n) is 1.83. The first-order valence-corrected chi connectivity index (χ1v) is 7.29. The highest BCUT2D eigenvalue weighted by Gasteiger charge is 2.19. The summed E-state index contributed by atoms with van der Waals surface area (Å²) in [6, 6.07) is 7.73. The third-order valence-electron chi connectivity index (χ3n) is 2.87. The van der Waals surface area contributed by atoms with E-state index < -0.39 is 5.82 Å². The van der Waals surface area contributed by atoms with Crippen molar-refractivity contribution >= 4 is 34.5 Å². The third-order valence-corrected chi connectivity index (χ3v) is 4.08. The van der Waals surface area contributed by atoms with Crippen molar-refractivity contribution in [1.82, 2.24) is 4.90 Å². The van der Waals surface area contributed by atoms with Crippen LogP contribution in [0.3, 0.4) is 0 Å². The van der Waals surface area contributed by atoms with Crippen LogP contribution in [0.4, 0.5) is 10.1 Å². The molecule has 0 aliphatic rings. The highest BCUT2D eigenvalue weighted by Crippen LogP contribution is 2.23. The molecule has 20 heavy (non-hydrogen) atoms. The van der Waals surface area contributed by atoms with Gasteiger partial charge in [-0.2, -0.15) is 0 Å². The van der Waals surface area contributed by atoms with Gasteiger partial charge in [-0.3, -0.25) is 4.79 Å². The maximum atomic E-state index is 13.8. The number of nitrogens with zero attached hydrogens (tertiary/aromatic N) is 1. The molecular formula is C14H14ClFN2OS. The van der Waals surface area contributed by atoms with Crippen molar-refractivity contribution in [2.24, 2.45) is 0 Å². The Morgan fingerprint density at radius 1 is 1.40 bits per heavy atom. The number of hydrogen-bond donors (Lipinski definition) is 1. The first-order chi connectivity index (χ1) is 9.51. The molecule has 2 rings (SSSR count). The van der Waals surface area contributed by atoms with E-state index in [0.29, 0.717) is 23.1 Å². The number of hydrogen-bond acceptors (Lipinski definition) is 3. The molecule has 1 aromatic carbocycles. The summed E-state index contributed by atoms with van der Waals surface area (Å²) in [5, 5.41) is 0. The number of carbonyl (C=O) groups excluding carboxylic acids is 1. The van der Waals surface area contributed by atoms with Crippen LogP contribution in [0.1, 0.15) is 22.2 Å². The van der Waals surface area contributed by atoms with Gasteiger partial charge in [0.15, 0.2) is 0 Å². The molecule has 0 fully saturated rings. The molecule has 0 unspecified atom stereocenters. The smallest absolute Gasteiger partial charge is 0.257 e. The van der Waals surface area contributed by atoms with Gasteiger partial charge >= 0.3 is 0 Å². The first kappa shape index (κ1) is 14.8. The molecule has 1 aromatic heterocycles. The van der Waals surface area contributed by atoms with Gasteiger partial charge in [0.1, 0.15) is 5.82 Å². The molecule has 0 aliphatic carbocycles. The number of rotatable bonds is 4. The van der Waals surface area contributed by atoms with E-state index in [2.05, 4.69) is 0 Å². The highest BCUT2D eigenvalue weighted by atomic mass is 35.5. The van der Waals surface area contributed by atoms with Crippen LogP contribution in [0.25, 0.3) is 0 Å². The van der Waals surface area contributed by atoms with E-state index in [1.54, 1.807) is 11.0 Å². The summed E-state index contributed by atoms with van der Waals surface area (Å²) in [5.74, 6) is -0.952. The average molecular weight is 313 g/mol. The van der Waals surface area contributed by atoms with Crippen LogP contribution in [-0.2, 0) is 6.54 Å². The predicted molar refractivity (Wildman–Crippen MR) is 80.6 cm³/mol. The van der Waals surface area contributed by atoms with Gasteiger partial charge in [0.05, 0.1) is 16.4 Å². The van der Waals surface area contributed by atoms with Crippen molar-refractivity contribution in [1.29, 1.82) is 0 Å². The Balaban J connectivity index is 2.20. The fraction of sp³-hybridized carbons (Fsp3) is 0.214. The monoisotopic (exact) mass is 312 g/mol. The summed E-state index contributed by atoms with van der Waals surface area (Å²) in [5.41, 5.74) is 5.81. The second-order valence-corrected chi connectivity index (χ2v) is 6.06. The summed E-state index contributed by atoms with van der Waals surface area (Å²) in [4.78, 5) is 14.9. The summed E-state index contributed by atoms with van der Waals surface area (Å²) in [6.07, 6.45) is 0. The van der Waals surface area contributed by atoms with Crippen molar-refractivity contribution in [3.05, 3.63) is 50.9 Å². The molecule has 0 aliphatic heterocycles. The van der Waals surface area contributed by atoms with Crippen LogP contribution >= 0.6 is 22.9 Å². The van der Waals surface area contributed by atoms with Crippen LogP contribution in [-0.4, -0.2) is 17.4 Å². The normalized spacial score (nSPS) is 10.6. The lowest BCUT2D eigenvalue weighted by atomic mass is 10.1. The Kier molecular flexibility index (Phi) is 4.62. The number of amides is 1. The lowest BCUT2D eigenvalue weighted by Crippen LogP contribution is -2.30. The van der Waals surface area contributed by atoms with Gasteiger partial charge in [0.25, 0.3) is 5.91 Å². The molecule has 1 heterocycles. The Labute approximate surface area is 125 Å². The Hall–Kier alpha value is -1.59. The van der Waals surface area contributed by atoms with Crippen molar-refractivity contribution < 1.29 is 9.18 Å². The maximum Gasteiger partial charge on any atom is 0.257 e. The Morgan fingerprint density at radius 2 is 2.15 bits per heavy atom. The highest BCUT2D eigenvalue weighted by molar-refractivity contribution is 7.16. The van der Waals surface area contributed by atoms with Gasteiger partial charge in [-0.1, -0.05) is 11.6 Å². The lowest BCUT2D eigenvalue weighted by molar-refractivity contribution is 0.0749. The molecular weight excluding hydrogens is 299 g/mol. The summed E-state index contributed by atoms with van der Waals surface area (Å²) in [7, 11) is 0. The van der Waals surface area contributed by atoms with Crippen LogP contribution in [0.15, 0.2) is 30.3 Å². The van der Waals surface area contributed by atoms with E-state index in [1.807, 2.05) is 13.0 Å². The van der Waals surface area contributed by atoms with Crippen LogP contribution < -0.4 is 5.73 Å². The van der Waals surface area contributed by atoms with Crippen molar-refractivity contribution in [2.45, 2.75) is 13.5 Å². The SMILES string of the molecule is CCN(Cc1ccc(Cl)s1)C(=O)c1ccc(N)cc1F. The molecule has 0 radical (unpaired) electrons. The molecule has 2 aromatic rings. The van der Waals surface area contributed by atoms with Gasteiger partial charge in [0.2, 0.25) is 0 Å². The van der Waals surface area contributed by atoms with Crippen molar-refractivity contribution in [3.8, 4) is 0 Å². The van der Waals surface area contributed by atoms with Crippen LogP contribution in [0.2, 0.25) is 4.34 Å². The number of carbonyl (C=O) groups is 1. The molecule has 1 amide bonds. The molecule has 0 bridgehead atoms. The first-order valence-electron chi connectivity index (χ1n) is 6.09. The Morgan fingerprint density at radius 3 is 2.70 bits per heavy atom. The van der Waals surface area contributed by atoms with Crippen molar-refractivity contribution in [3.63, 3.8) is 0 Å². The number of thiophene rings is 1. The number of nitrogens with two attached hydrogens (primary N) is 1. The minimum atomic E-state index is -0.599. The zero-order valence-corrected chi connectivity index (χ0v) is 12.5. The minimum absolute atomic E-state index is 0.0312. The van der Waals surface area contributed by atoms with E-state index in [1.165, 1.54) is 23.5 Å². The van der Waals surface area contributed by atoms with E-state index >= 15 is 0 Å². The van der Waals surface area contributed by atoms with Gasteiger partial charge in [-0.05, 0) is 37.3 Å². The quantitative estimate of drug-likeness (QED) is 0.873. The number of benzene rings is 1. The average Bonchev–Trinajstić information content (AvgIpc) is 2.81. The molecule has 0 spiro atoms. The topological polar surface area (TPSA) is 46.3 Å². The zero-order valence-electron chi connectivity index (χ0n) is 10.9. The largest absolute Gasteiger partial charge is 0.399 e. The van der Waals surface area contributed by atoms with E-state index in [9.17, 15) is 9.18 Å². The van der Waals surface area contributed by atoms with Crippen LogP contribution in [0, 0.1) is 5.82 Å². The van der Waals surface area contributed by atoms with Gasteiger partial charge < -0.3 is 10.6 Å². The van der Waals surface area contributed by atoms with E-state index in [-0.39, 0.29) is 11.5 Å². The van der Waals surface area contributed by atoms with Gasteiger partial charge in [-0.15, -0.1) is 11.3 Å². The third kappa shape index (κ3) is 3.29. The second-order valence-electron chi connectivity index (χ2n) is 4.26. The lowest BCUT2D eigenvalue weighted by Gasteiger charge is -2.20. The Bertz CT molecular complexity index is 629. The minimum Gasteiger partial charge on any atom is -0.399 e. The van der Waals surface area contributed by atoms with Crippen molar-refractivity contribution in [2.75, 3.05) is 12.3 Å². The summed E-state index contributed by atoms with van der Waals surface area (Å²) in [6.45, 7) is 2.75. The molecule has 0 saturated carbocycles. The van der Waals surface area contributed by atoms with Gasteiger partial charge in [-0.25, -0.2) is 4.39 Å². The number of anilines is 1. The molecule has 2 N–H and O–H groups in total. The molecule has 106 valence electrons. The zero-order chi connectivity index (χ0) is 14.7. The fourth-order valence-corrected chi connectivity index (χ4v) is 2.93. The van der Waals surface area contributed by atoms with Crippen LogP contribution in [0.5, 0.6) is 0 Å². The molecule has 3 nitrogen and oxygen atoms in total. The molecule has 0 atom stereocenters. The van der Waals surface area contributed by atoms with E-state index in [0.717, 1.165) is 10.9 Å². The van der Waals surface area contributed by atoms with Gasteiger partial charge in [0, 0.05) is 17.1 Å². The maximum absolute atomic E-state index is 13.8.